The van der Waals surface area contributed by atoms with E-state index in [9.17, 15) is 20.0 Å². The molecule has 0 spiro atoms. The van der Waals surface area contributed by atoms with Gasteiger partial charge in [-0.3, -0.25) is 14.9 Å². The van der Waals surface area contributed by atoms with Gasteiger partial charge in [-0.2, -0.15) is 0 Å². The van der Waals surface area contributed by atoms with Crippen LogP contribution in [0.4, 0.5) is 0 Å². The van der Waals surface area contributed by atoms with Crippen LogP contribution < -0.4 is 0 Å². The van der Waals surface area contributed by atoms with E-state index in [0.717, 1.165) is 18.2 Å². The Hall–Kier alpha value is -2.61. The molecule has 1 aromatic carbocycles. The van der Waals surface area contributed by atoms with Gasteiger partial charge in [-0.05, 0) is 18.2 Å². The van der Waals surface area contributed by atoms with Gasteiger partial charge in [0.25, 0.3) is 0 Å². The molecule has 0 aliphatic heterocycles. The minimum Gasteiger partial charge on any atom is -0.359 e. The lowest BCUT2D eigenvalue weighted by Crippen LogP contribution is -2.44. The Morgan fingerprint density at radius 1 is 1.21 bits per heavy atom. The topological polar surface area (TPSA) is 98.9 Å². The minimum absolute atomic E-state index is 0.0235. The van der Waals surface area contributed by atoms with Crippen molar-refractivity contribution in [2.75, 3.05) is 14.2 Å². The van der Waals surface area contributed by atoms with Crippen LogP contribution in [0.25, 0.3) is 0 Å². The summed E-state index contributed by atoms with van der Waals surface area (Å²) in [4.78, 5) is 22.8. The van der Waals surface area contributed by atoms with Gasteiger partial charge in [0.2, 0.25) is 5.79 Å². The summed E-state index contributed by atoms with van der Waals surface area (Å²) in [6, 6.07) is 8.50. The summed E-state index contributed by atoms with van der Waals surface area (Å²) >= 11 is 0. The SMILES string of the molecule is COC1(O)C=CC(OC)([N+](=O)[O-])C=C1C=CC(=O)c1ccccc1. The molecule has 0 bridgehead atoms. The summed E-state index contributed by atoms with van der Waals surface area (Å²) in [6.45, 7) is 0. The van der Waals surface area contributed by atoms with Crippen LogP contribution in [0.15, 0.2) is 66.3 Å². The number of benzene rings is 1. The number of aliphatic hydroxyl groups is 1. The zero-order valence-corrected chi connectivity index (χ0v) is 13.2. The number of methoxy groups -OCH3 is 2. The number of nitrogens with zero attached hydrogens (tertiary/aromatic N) is 1. The molecule has 24 heavy (non-hydrogen) atoms. The van der Waals surface area contributed by atoms with Crippen LogP contribution in [0.3, 0.4) is 0 Å². The van der Waals surface area contributed by atoms with E-state index >= 15 is 0 Å². The number of hydrogen-bond acceptors (Lipinski definition) is 6. The largest absolute Gasteiger partial charge is 0.365 e. The highest BCUT2D eigenvalue weighted by Crippen LogP contribution is 2.32. The molecular formula is C17H17NO6. The number of ketones is 1. The van der Waals surface area contributed by atoms with Crippen molar-refractivity contribution < 1.29 is 24.3 Å². The van der Waals surface area contributed by atoms with E-state index in [0.29, 0.717) is 5.56 Å². The fourth-order valence-corrected chi connectivity index (χ4v) is 2.24. The van der Waals surface area contributed by atoms with E-state index in [1.165, 1.54) is 26.4 Å². The molecule has 0 saturated heterocycles. The highest BCUT2D eigenvalue weighted by molar-refractivity contribution is 6.04. The number of allylic oxidation sites excluding steroid dienone is 1. The van der Waals surface area contributed by atoms with Crippen molar-refractivity contribution in [3.63, 3.8) is 0 Å². The third-order valence-corrected chi connectivity index (χ3v) is 3.72. The normalized spacial score (nSPS) is 26.4. The van der Waals surface area contributed by atoms with Gasteiger partial charge in [0.15, 0.2) is 5.78 Å². The summed E-state index contributed by atoms with van der Waals surface area (Å²) < 4.78 is 9.96. The maximum absolute atomic E-state index is 12.1. The molecule has 1 aliphatic carbocycles. The molecule has 0 aromatic heterocycles. The third kappa shape index (κ3) is 3.33. The van der Waals surface area contributed by atoms with Crippen LogP contribution in [0, 0.1) is 10.1 Å². The predicted octanol–water partition coefficient (Wildman–Crippen LogP) is 1.88. The molecule has 2 unspecified atom stereocenters. The van der Waals surface area contributed by atoms with Gasteiger partial charge in [0, 0.05) is 37.5 Å². The first-order valence-electron chi connectivity index (χ1n) is 7.05. The van der Waals surface area contributed by atoms with Crippen LogP contribution in [0.1, 0.15) is 10.4 Å². The van der Waals surface area contributed by atoms with E-state index in [2.05, 4.69) is 0 Å². The van der Waals surface area contributed by atoms with Gasteiger partial charge < -0.3 is 14.6 Å². The molecule has 7 heteroatoms. The van der Waals surface area contributed by atoms with Crippen molar-refractivity contribution in [3.05, 3.63) is 82.0 Å². The van der Waals surface area contributed by atoms with Gasteiger partial charge in [0.1, 0.15) is 0 Å². The maximum atomic E-state index is 12.1. The van der Waals surface area contributed by atoms with Crippen molar-refractivity contribution in [1.29, 1.82) is 0 Å². The quantitative estimate of drug-likeness (QED) is 0.213. The molecule has 1 aromatic rings. The first-order chi connectivity index (χ1) is 11.4. The smallest absolute Gasteiger partial charge is 0.359 e. The Bertz CT molecular complexity index is 724. The van der Waals surface area contributed by atoms with Crippen molar-refractivity contribution >= 4 is 5.78 Å². The summed E-state index contributed by atoms with van der Waals surface area (Å²) in [6.07, 6.45) is 5.80. The molecule has 2 rings (SSSR count). The van der Waals surface area contributed by atoms with E-state index in [1.807, 2.05) is 0 Å². The van der Waals surface area contributed by atoms with Crippen LogP contribution in [0.5, 0.6) is 0 Å². The summed E-state index contributed by atoms with van der Waals surface area (Å²) in [5.74, 6) is -2.19. The zero-order valence-electron chi connectivity index (χ0n) is 13.2. The Balaban J connectivity index is 2.38. The molecular weight excluding hydrogens is 314 g/mol. The third-order valence-electron chi connectivity index (χ3n) is 3.72. The van der Waals surface area contributed by atoms with E-state index in [-0.39, 0.29) is 11.4 Å². The predicted molar refractivity (Wildman–Crippen MR) is 85.8 cm³/mol. The lowest BCUT2D eigenvalue weighted by Gasteiger charge is -2.30. The van der Waals surface area contributed by atoms with Gasteiger partial charge in [-0.25, -0.2) is 0 Å². The molecule has 0 radical (unpaired) electrons. The molecule has 2 atom stereocenters. The van der Waals surface area contributed by atoms with Gasteiger partial charge in [0.05, 0.1) is 4.92 Å². The summed E-state index contributed by atoms with van der Waals surface area (Å²) in [7, 11) is 2.42. The number of rotatable bonds is 6. The molecule has 7 nitrogen and oxygen atoms in total. The Morgan fingerprint density at radius 3 is 2.42 bits per heavy atom. The molecule has 0 heterocycles. The van der Waals surface area contributed by atoms with Crippen molar-refractivity contribution in [2.24, 2.45) is 0 Å². The number of carbonyl (C=O) groups excluding carboxylic acids is 1. The second-order valence-electron chi connectivity index (χ2n) is 5.11. The highest BCUT2D eigenvalue weighted by Gasteiger charge is 2.46. The van der Waals surface area contributed by atoms with Crippen LogP contribution in [-0.4, -0.2) is 41.5 Å². The van der Waals surface area contributed by atoms with Crippen molar-refractivity contribution in [1.82, 2.24) is 0 Å². The number of ether oxygens (including phenoxy) is 2. The second-order valence-corrected chi connectivity index (χ2v) is 5.11. The Labute approximate surface area is 138 Å². The minimum atomic E-state index is -1.93. The first-order valence-corrected chi connectivity index (χ1v) is 7.05. The Kier molecular flexibility index (Phi) is 5.08. The van der Waals surface area contributed by atoms with Crippen LogP contribution in [0.2, 0.25) is 0 Å². The maximum Gasteiger partial charge on any atom is 0.365 e. The molecule has 0 amide bonds. The Morgan fingerprint density at radius 2 is 1.88 bits per heavy atom. The summed E-state index contributed by atoms with van der Waals surface area (Å²) in [5.41, 5.74) is -1.45. The van der Waals surface area contributed by atoms with E-state index < -0.39 is 16.4 Å². The van der Waals surface area contributed by atoms with Crippen LogP contribution >= 0.6 is 0 Å². The zero-order chi connectivity index (χ0) is 17.8. The van der Waals surface area contributed by atoms with Gasteiger partial charge in [-0.1, -0.05) is 30.3 Å². The standard InChI is InChI=1S/C17H17NO6/c1-23-16(18(21)22)10-11-17(20,24-2)14(12-16)8-9-15(19)13-6-4-3-5-7-13/h3-12,20H,1-2H3. The number of nitro groups is 1. The average molecular weight is 331 g/mol. The molecule has 1 aliphatic rings. The molecule has 0 saturated carbocycles. The second kappa shape index (κ2) is 6.88. The fraction of sp³-hybridized carbons (Fsp3) is 0.235. The number of carbonyl (C=O) groups is 1. The van der Waals surface area contributed by atoms with Gasteiger partial charge in [-0.15, -0.1) is 0 Å². The monoisotopic (exact) mass is 331 g/mol. The molecule has 1 N–H and O–H groups in total. The molecule has 0 fully saturated rings. The fourth-order valence-electron chi connectivity index (χ4n) is 2.24. The van der Waals surface area contributed by atoms with Crippen molar-refractivity contribution in [3.8, 4) is 0 Å². The highest BCUT2D eigenvalue weighted by atomic mass is 16.7. The first kappa shape index (κ1) is 17.7. The van der Waals surface area contributed by atoms with Gasteiger partial charge >= 0.3 is 5.72 Å². The lowest BCUT2D eigenvalue weighted by atomic mass is 9.93. The average Bonchev–Trinajstić information content (AvgIpc) is 2.61. The van der Waals surface area contributed by atoms with Crippen molar-refractivity contribution in [2.45, 2.75) is 11.5 Å². The summed E-state index contributed by atoms with van der Waals surface area (Å²) in [5, 5.41) is 21.7. The number of hydrogen-bond donors (Lipinski definition) is 1. The van der Waals surface area contributed by atoms with Crippen LogP contribution in [-0.2, 0) is 9.47 Å². The molecule has 126 valence electrons. The van der Waals surface area contributed by atoms with E-state index in [1.54, 1.807) is 30.3 Å². The lowest BCUT2D eigenvalue weighted by molar-refractivity contribution is -0.595. The van der Waals surface area contributed by atoms with E-state index in [4.69, 9.17) is 9.47 Å².